The van der Waals surface area contributed by atoms with Gasteiger partial charge in [-0.25, -0.2) is 4.39 Å². The topological polar surface area (TPSA) is 29.5 Å². The Balaban J connectivity index is 3.43. The molecule has 16 heavy (non-hydrogen) atoms. The molecule has 0 bridgehead atoms. The summed E-state index contributed by atoms with van der Waals surface area (Å²) in [6, 6.07) is 3.58. The minimum absolute atomic E-state index is 0.135. The van der Waals surface area contributed by atoms with Gasteiger partial charge < -0.3 is 9.84 Å². The van der Waals surface area contributed by atoms with Crippen LogP contribution in [0.2, 0.25) is 0 Å². The third-order valence-corrected chi connectivity index (χ3v) is 3.01. The smallest absolute Gasteiger partial charge is 0.333 e. The summed E-state index contributed by atoms with van der Waals surface area (Å²) < 4.78 is 44.5. The highest BCUT2D eigenvalue weighted by molar-refractivity contribution is 9.10. The van der Waals surface area contributed by atoms with Gasteiger partial charge in [0, 0.05) is 0 Å². The predicted molar refractivity (Wildman–Crippen MR) is 56.4 cm³/mol. The van der Waals surface area contributed by atoms with E-state index < -0.39 is 21.8 Å². The Bertz CT molecular complexity index is 388. The van der Waals surface area contributed by atoms with Crippen molar-refractivity contribution in [1.82, 2.24) is 0 Å². The molecule has 0 radical (unpaired) electrons. The van der Waals surface area contributed by atoms with E-state index in [1.807, 2.05) is 15.9 Å². The van der Waals surface area contributed by atoms with Gasteiger partial charge >= 0.3 is 4.83 Å². The molecule has 0 aliphatic rings. The van der Waals surface area contributed by atoms with E-state index >= 15 is 0 Å². The maximum atomic E-state index is 13.5. The van der Waals surface area contributed by atoms with Crippen molar-refractivity contribution in [2.24, 2.45) is 0 Å². The number of hydrogen-bond donors (Lipinski definition) is 1. The van der Waals surface area contributed by atoms with Crippen LogP contribution in [0.15, 0.2) is 18.2 Å². The number of methoxy groups -OCH3 is 1. The molecule has 0 aliphatic heterocycles. The lowest BCUT2D eigenvalue weighted by Gasteiger charge is -2.30. The maximum Gasteiger partial charge on any atom is 0.333 e. The highest BCUT2D eigenvalue weighted by atomic mass is 79.9. The van der Waals surface area contributed by atoms with E-state index in [1.54, 1.807) is 0 Å². The molecule has 90 valence electrons. The van der Waals surface area contributed by atoms with E-state index in [9.17, 15) is 18.3 Å². The Morgan fingerprint density at radius 3 is 2.38 bits per heavy atom. The second-order valence-electron chi connectivity index (χ2n) is 3.39. The average molecular weight is 299 g/mol. The van der Waals surface area contributed by atoms with Crippen LogP contribution in [0, 0.1) is 5.82 Å². The van der Waals surface area contributed by atoms with Crippen LogP contribution in [0.25, 0.3) is 0 Å². The molecular formula is C10H10BrF3O2. The fourth-order valence-corrected chi connectivity index (χ4v) is 1.49. The standard InChI is InChI=1S/C10H10BrF3O2/c1-9(15,10(11,13)14)8-6(12)4-3-5-7(8)16-2/h3-5,15H,1-2H3. The van der Waals surface area contributed by atoms with Gasteiger partial charge in [-0.05, 0) is 35.0 Å². The molecular weight excluding hydrogens is 289 g/mol. The third kappa shape index (κ3) is 2.17. The van der Waals surface area contributed by atoms with Crippen LogP contribution in [0.1, 0.15) is 12.5 Å². The number of rotatable bonds is 3. The zero-order chi connectivity index (χ0) is 12.6. The van der Waals surface area contributed by atoms with Crippen molar-refractivity contribution >= 4 is 15.9 Å². The Hall–Kier alpha value is -0.750. The second kappa shape index (κ2) is 4.25. The molecule has 0 saturated carbocycles. The van der Waals surface area contributed by atoms with E-state index in [-0.39, 0.29) is 5.75 Å². The Labute approximate surface area is 99.2 Å². The number of alkyl halides is 3. The highest BCUT2D eigenvalue weighted by Crippen LogP contribution is 2.45. The van der Waals surface area contributed by atoms with E-state index in [0.717, 1.165) is 13.0 Å². The first-order valence-electron chi connectivity index (χ1n) is 4.34. The lowest BCUT2D eigenvalue weighted by atomic mass is 9.95. The van der Waals surface area contributed by atoms with Crippen LogP contribution in [-0.4, -0.2) is 17.0 Å². The predicted octanol–water partition coefficient (Wildman–Crippen LogP) is 3.03. The average Bonchev–Trinajstić information content (AvgIpc) is 2.15. The van der Waals surface area contributed by atoms with Gasteiger partial charge in [-0.2, -0.15) is 8.78 Å². The molecule has 1 atom stereocenters. The molecule has 0 fully saturated rings. The van der Waals surface area contributed by atoms with Gasteiger partial charge in [-0.3, -0.25) is 0 Å². The first-order chi connectivity index (χ1) is 7.21. The van der Waals surface area contributed by atoms with Crippen molar-refractivity contribution in [2.75, 3.05) is 7.11 Å². The van der Waals surface area contributed by atoms with Crippen molar-refractivity contribution in [1.29, 1.82) is 0 Å². The van der Waals surface area contributed by atoms with Gasteiger partial charge in [0.1, 0.15) is 11.6 Å². The molecule has 1 aromatic rings. The summed E-state index contributed by atoms with van der Waals surface area (Å²) >= 11 is 2.03. The summed E-state index contributed by atoms with van der Waals surface area (Å²) in [5.41, 5.74) is -3.29. The van der Waals surface area contributed by atoms with Gasteiger partial charge in [0.15, 0.2) is 5.60 Å². The maximum absolute atomic E-state index is 13.5. The molecule has 1 N–H and O–H groups in total. The summed E-state index contributed by atoms with van der Waals surface area (Å²) in [4.78, 5) is -3.67. The molecule has 1 aromatic carbocycles. The van der Waals surface area contributed by atoms with Gasteiger partial charge in [0.05, 0.1) is 12.7 Å². The molecule has 0 amide bonds. The molecule has 0 saturated heterocycles. The van der Waals surface area contributed by atoms with Crippen molar-refractivity contribution in [3.8, 4) is 5.75 Å². The first kappa shape index (κ1) is 13.3. The van der Waals surface area contributed by atoms with Crippen LogP contribution in [0.5, 0.6) is 5.75 Å². The van der Waals surface area contributed by atoms with E-state index in [1.165, 1.54) is 19.2 Å². The monoisotopic (exact) mass is 298 g/mol. The van der Waals surface area contributed by atoms with Crippen LogP contribution in [0.4, 0.5) is 13.2 Å². The number of benzene rings is 1. The fraction of sp³-hybridized carbons (Fsp3) is 0.400. The molecule has 0 heterocycles. The van der Waals surface area contributed by atoms with Gasteiger partial charge in [0.2, 0.25) is 0 Å². The molecule has 2 nitrogen and oxygen atoms in total. The van der Waals surface area contributed by atoms with Crippen molar-refractivity contribution < 1.29 is 23.0 Å². The van der Waals surface area contributed by atoms with Crippen molar-refractivity contribution in [3.05, 3.63) is 29.6 Å². The van der Waals surface area contributed by atoms with Gasteiger partial charge in [-0.15, -0.1) is 0 Å². The zero-order valence-electron chi connectivity index (χ0n) is 8.60. The minimum Gasteiger partial charge on any atom is -0.496 e. The largest absolute Gasteiger partial charge is 0.496 e. The van der Waals surface area contributed by atoms with Crippen LogP contribution in [-0.2, 0) is 5.60 Å². The Morgan fingerprint density at radius 1 is 1.38 bits per heavy atom. The third-order valence-electron chi connectivity index (χ3n) is 2.23. The second-order valence-corrected chi connectivity index (χ2v) is 4.38. The molecule has 1 rings (SSSR count). The molecule has 0 aliphatic carbocycles. The van der Waals surface area contributed by atoms with Gasteiger partial charge in [-0.1, -0.05) is 6.07 Å². The number of aliphatic hydroxyl groups is 1. The quantitative estimate of drug-likeness (QED) is 0.869. The lowest BCUT2D eigenvalue weighted by molar-refractivity contribution is -0.111. The fourth-order valence-electron chi connectivity index (χ4n) is 1.29. The first-order valence-corrected chi connectivity index (χ1v) is 5.13. The van der Waals surface area contributed by atoms with E-state index in [4.69, 9.17) is 4.74 Å². The zero-order valence-corrected chi connectivity index (χ0v) is 10.2. The highest BCUT2D eigenvalue weighted by Gasteiger charge is 2.51. The minimum atomic E-state index is -3.67. The van der Waals surface area contributed by atoms with Crippen LogP contribution < -0.4 is 4.74 Å². The summed E-state index contributed by atoms with van der Waals surface area (Å²) in [5, 5.41) is 9.70. The summed E-state index contributed by atoms with van der Waals surface area (Å²) in [5.74, 6) is -1.09. The molecule has 0 aromatic heterocycles. The molecule has 1 unspecified atom stereocenters. The Morgan fingerprint density at radius 2 is 1.94 bits per heavy atom. The number of hydrogen-bond acceptors (Lipinski definition) is 2. The normalized spacial score (nSPS) is 15.7. The van der Waals surface area contributed by atoms with E-state index in [0.29, 0.717) is 0 Å². The number of halogens is 4. The van der Waals surface area contributed by atoms with E-state index in [2.05, 4.69) is 0 Å². The Kier molecular flexibility index (Phi) is 3.54. The van der Waals surface area contributed by atoms with Crippen LogP contribution in [0.3, 0.4) is 0 Å². The number of ether oxygens (including phenoxy) is 1. The summed E-state index contributed by atoms with van der Waals surface area (Å²) in [7, 11) is 1.21. The summed E-state index contributed by atoms with van der Waals surface area (Å²) in [6.07, 6.45) is 0. The SMILES string of the molecule is COc1cccc(F)c1C(C)(O)C(F)(F)Br. The van der Waals surface area contributed by atoms with Crippen molar-refractivity contribution in [2.45, 2.75) is 17.4 Å². The molecule has 6 heteroatoms. The van der Waals surface area contributed by atoms with Gasteiger partial charge in [0.25, 0.3) is 0 Å². The van der Waals surface area contributed by atoms with Crippen LogP contribution >= 0.6 is 15.9 Å². The van der Waals surface area contributed by atoms with Crippen molar-refractivity contribution in [3.63, 3.8) is 0 Å². The molecule has 0 spiro atoms. The lowest BCUT2D eigenvalue weighted by Crippen LogP contribution is -2.39. The summed E-state index contributed by atoms with van der Waals surface area (Å²) in [6.45, 7) is 0.808.